The molecule has 0 aromatic heterocycles. The zero-order chi connectivity index (χ0) is 28.0. The molecule has 0 bridgehead atoms. The predicted octanol–water partition coefficient (Wildman–Crippen LogP) is 3.65. The maximum Gasteiger partial charge on any atom is 0.264 e. The quantitative estimate of drug-likeness (QED) is 0.390. The fourth-order valence-electron chi connectivity index (χ4n) is 4.37. The Labute approximate surface area is 229 Å². The second kappa shape index (κ2) is 12.2. The van der Waals surface area contributed by atoms with Gasteiger partial charge in [-0.15, -0.1) is 0 Å². The van der Waals surface area contributed by atoms with Crippen LogP contribution in [-0.2, 0) is 32.7 Å². The number of likely N-dealkylation sites (tertiary alicyclic amines) is 1. The zero-order valence-electron chi connectivity index (χ0n) is 22.3. The van der Waals surface area contributed by atoms with E-state index in [1.165, 1.54) is 32.4 Å². The number of carbonyl (C=O) groups is 2. The number of amides is 2. The van der Waals surface area contributed by atoms with Gasteiger partial charge in [0.2, 0.25) is 11.8 Å². The van der Waals surface area contributed by atoms with E-state index in [0.29, 0.717) is 24.4 Å². The molecule has 1 saturated heterocycles. The van der Waals surface area contributed by atoms with E-state index < -0.39 is 22.5 Å². The van der Waals surface area contributed by atoms with Gasteiger partial charge in [-0.2, -0.15) is 0 Å². The van der Waals surface area contributed by atoms with Crippen molar-refractivity contribution in [2.75, 3.05) is 31.6 Å². The molecule has 0 unspecified atom stereocenters. The Morgan fingerprint density at radius 2 is 1.62 bits per heavy atom. The first kappa shape index (κ1) is 28.0. The molecule has 1 aliphatic rings. The van der Waals surface area contributed by atoms with E-state index in [1.807, 2.05) is 36.1 Å². The predicted molar refractivity (Wildman–Crippen MR) is 148 cm³/mol. The van der Waals surface area contributed by atoms with Crippen molar-refractivity contribution >= 4 is 27.5 Å². The molecular formula is C29H33N3O6S. The molecule has 9 nitrogen and oxygen atoms in total. The summed E-state index contributed by atoms with van der Waals surface area (Å²) in [5, 5.41) is 2.82. The van der Waals surface area contributed by atoms with Crippen molar-refractivity contribution in [2.45, 2.75) is 37.8 Å². The second-order valence-electron chi connectivity index (χ2n) is 9.38. The molecule has 1 aliphatic heterocycles. The average Bonchev–Trinajstić information content (AvgIpc) is 3.35. The monoisotopic (exact) mass is 551 g/mol. The number of ether oxygens (including phenoxy) is 2. The van der Waals surface area contributed by atoms with E-state index in [-0.39, 0.29) is 23.1 Å². The molecule has 2 amide bonds. The number of anilines is 1. The summed E-state index contributed by atoms with van der Waals surface area (Å²) < 4.78 is 39.0. The first-order valence-corrected chi connectivity index (χ1v) is 14.1. The largest absolute Gasteiger partial charge is 0.493 e. The Hall–Kier alpha value is -4.05. The van der Waals surface area contributed by atoms with Gasteiger partial charge >= 0.3 is 0 Å². The summed E-state index contributed by atoms with van der Waals surface area (Å²) in [6.45, 7) is 3.08. The van der Waals surface area contributed by atoms with Gasteiger partial charge in [-0.25, -0.2) is 8.42 Å². The third-order valence-electron chi connectivity index (χ3n) is 6.61. The number of sulfonamides is 1. The number of hydrogen-bond acceptors (Lipinski definition) is 6. The highest BCUT2D eigenvalue weighted by Crippen LogP contribution is 2.32. The fourth-order valence-corrected chi connectivity index (χ4v) is 5.81. The van der Waals surface area contributed by atoms with Gasteiger partial charge in [0.05, 0.1) is 24.8 Å². The van der Waals surface area contributed by atoms with Crippen LogP contribution in [-0.4, -0.2) is 52.4 Å². The third-order valence-corrected chi connectivity index (χ3v) is 8.38. The average molecular weight is 552 g/mol. The summed E-state index contributed by atoms with van der Waals surface area (Å²) in [7, 11) is -1.22. The Kier molecular flexibility index (Phi) is 8.75. The zero-order valence-corrected chi connectivity index (χ0v) is 23.2. The first-order valence-electron chi connectivity index (χ1n) is 12.6. The standard InChI is InChI=1S/C29H33N3O6S/c1-21-6-12-24(13-7-21)32(39(35,36)25-14-15-26(37-2)27(17-25)38-3)20-28(33)30-18-22-8-10-23(11-9-22)19-31-16-4-5-29(31)34/h6-15,17H,4-5,16,18-20H2,1-3H3,(H,30,33). The van der Waals surface area contributed by atoms with Crippen LogP contribution >= 0.6 is 0 Å². The highest BCUT2D eigenvalue weighted by molar-refractivity contribution is 7.92. The maximum absolute atomic E-state index is 13.7. The van der Waals surface area contributed by atoms with E-state index in [9.17, 15) is 18.0 Å². The number of methoxy groups -OCH3 is 2. The summed E-state index contributed by atoms with van der Waals surface area (Å²) in [6, 6.07) is 18.9. The van der Waals surface area contributed by atoms with Gasteiger partial charge in [-0.3, -0.25) is 13.9 Å². The van der Waals surface area contributed by atoms with Crippen LogP contribution in [0.25, 0.3) is 0 Å². The van der Waals surface area contributed by atoms with Gasteiger partial charge in [0, 0.05) is 32.1 Å². The lowest BCUT2D eigenvalue weighted by atomic mass is 10.1. The molecule has 10 heteroatoms. The van der Waals surface area contributed by atoms with Crippen molar-refractivity contribution in [3.8, 4) is 11.5 Å². The molecule has 0 atom stereocenters. The molecule has 206 valence electrons. The number of hydrogen-bond donors (Lipinski definition) is 1. The van der Waals surface area contributed by atoms with E-state index in [1.54, 1.807) is 24.3 Å². The molecule has 0 saturated carbocycles. The molecule has 1 fully saturated rings. The molecular weight excluding hydrogens is 518 g/mol. The van der Waals surface area contributed by atoms with Crippen molar-refractivity contribution in [1.82, 2.24) is 10.2 Å². The molecule has 1 N–H and O–H groups in total. The van der Waals surface area contributed by atoms with Gasteiger partial charge in [-0.1, -0.05) is 42.0 Å². The van der Waals surface area contributed by atoms with Crippen LogP contribution in [0.15, 0.2) is 71.6 Å². The topological polar surface area (TPSA) is 105 Å². The Morgan fingerprint density at radius 1 is 0.949 bits per heavy atom. The van der Waals surface area contributed by atoms with Gasteiger partial charge in [0.1, 0.15) is 6.54 Å². The van der Waals surface area contributed by atoms with E-state index in [2.05, 4.69) is 5.32 Å². The molecule has 0 spiro atoms. The minimum absolute atomic E-state index is 0.0272. The smallest absolute Gasteiger partial charge is 0.264 e. The van der Waals surface area contributed by atoms with Crippen molar-refractivity contribution in [1.29, 1.82) is 0 Å². The van der Waals surface area contributed by atoms with Crippen LogP contribution in [0, 0.1) is 6.92 Å². The minimum atomic E-state index is -4.12. The number of nitrogens with zero attached hydrogens (tertiary/aromatic N) is 2. The van der Waals surface area contributed by atoms with Crippen molar-refractivity contribution in [3.63, 3.8) is 0 Å². The summed E-state index contributed by atoms with van der Waals surface area (Å²) in [4.78, 5) is 26.7. The number of benzene rings is 3. The SMILES string of the molecule is COc1ccc(S(=O)(=O)N(CC(=O)NCc2ccc(CN3CCCC3=O)cc2)c2ccc(C)cc2)cc1OC. The molecule has 39 heavy (non-hydrogen) atoms. The van der Waals surface area contributed by atoms with Crippen LogP contribution in [0.5, 0.6) is 11.5 Å². The maximum atomic E-state index is 13.7. The van der Waals surface area contributed by atoms with E-state index in [4.69, 9.17) is 9.47 Å². The Morgan fingerprint density at radius 3 is 2.23 bits per heavy atom. The summed E-state index contributed by atoms with van der Waals surface area (Å²) in [5.41, 5.74) is 3.21. The van der Waals surface area contributed by atoms with Gasteiger partial charge in [0.15, 0.2) is 11.5 Å². The van der Waals surface area contributed by atoms with Crippen LogP contribution in [0.3, 0.4) is 0 Å². The Bertz CT molecular complexity index is 1420. The number of carbonyl (C=O) groups excluding carboxylic acids is 2. The highest BCUT2D eigenvalue weighted by atomic mass is 32.2. The first-order chi connectivity index (χ1) is 18.7. The van der Waals surface area contributed by atoms with Gasteiger partial charge in [0.25, 0.3) is 10.0 Å². The van der Waals surface area contributed by atoms with Gasteiger partial charge < -0.3 is 19.7 Å². The minimum Gasteiger partial charge on any atom is -0.493 e. The van der Waals surface area contributed by atoms with Gasteiger partial charge in [-0.05, 0) is 48.7 Å². The molecule has 4 rings (SSSR count). The second-order valence-corrected chi connectivity index (χ2v) is 11.2. The van der Waals surface area contributed by atoms with Crippen LogP contribution < -0.4 is 19.1 Å². The van der Waals surface area contributed by atoms with Crippen molar-refractivity contribution in [3.05, 3.63) is 83.4 Å². The third kappa shape index (κ3) is 6.69. The van der Waals surface area contributed by atoms with Crippen LogP contribution in [0.1, 0.15) is 29.5 Å². The van der Waals surface area contributed by atoms with E-state index in [0.717, 1.165) is 34.0 Å². The number of nitrogens with one attached hydrogen (secondary N) is 1. The lowest BCUT2D eigenvalue weighted by Crippen LogP contribution is -2.40. The highest BCUT2D eigenvalue weighted by Gasteiger charge is 2.28. The van der Waals surface area contributed by atoms with E-state index >= 15 is 0 Å². The molecule has 0 aliphatic carbocycles. The fraction of sp³-hybridized carbons (Fsp3) is 0.310. The molecule has 3 aromatic rings. The van der Waals surface area contributed by atoms with Crippen LogP contribution in [0.2, 0.25) is 0 Å². The number of aryl methyl sites for hydroxylation is 1. The molecule has 0 radical (unpaired) electrons. The Balaban J connectivity index is 1.48. The number of rotatable bonds is 11. The normalized spacial score (nSPS) is 13.3. The van der Waals surface area contributed by atoms with Crippen molar-refractivity contribution < 1.29 is 27.5 Å². The molecule has 3 aromatic carbocycles. The summed E-state index contributed by atoms with van der Waals surface area (Å²) in [5.74, 6) is 0.387. The lowest BCUT2D eigenvalue weighted by Gasteiger charge is -2.24. The van der Waals surface area contributed by atoms with Crippen LogP contribution in [0.4, 0.5) is 5.69 Å². The van der Waals surface area contributed by atoms with Crippen molar-refractivity contribution in [2.24, 2.45) is 0 Å². The molecule has 1 heterocycles. The summed E-state index contributed by atoms with van der Waals surface area (Å²) >= 11 is 0. The lowest BCUT2D eigenvalue weighted by molar-refractivity contribution is -0.128. The summed E-state index contributed by atoms with van der Waals surface area (Å²) in [6.07, 6.45) is 1.50.